The van der Waals surface area contributed by atoms with Crippen molar-refractivity contribution in [3.63, 3.8) is 0 Å². The maximum Gasteiger partial charge on any atom is 0.264 e. The van der Waals surface area contributed by atoms with Gasteiger partial charge in [-0.1, -0.05) is 17.7 Å². The topological polar surface area (TPSA) is 116 Å². The largest absolute Gasteiger partial charge is 0.490 e. The highest BCUT2D eigenvalue weighted by molar-refractivity contribution is 7.90. The second kappa shape index (κ2) is 10.8. The lowest BCUT2D eigenvalue weighted by molar-refractivity contribution is -0.0668. The van der Waals surface area contributed by atoms with Gasteiger partial charge < -0.3 is 19.8 Å². The summed E-state index contributed by atoms with van der Waals surface area (Å²) in [5.41, 5.74) is 3.17. The van der Waals surface area contributed by atoms with Gasteiger partial charge in [0.1, 0.15) is 5.75 Å². The predicted molar refractivity (Wildman–Crippen MR) is 154 cm³/mol. The molecule has 2 heterocycles. The Morgan fingerprint density at radius 3 is 2.70 bits per heavy atom. The Morgan fingerprint density at radius 2 is 1.90 bits per heavy atom. The fourth-order valence-electron chi connectivity index (χ4n) is 7.16. The Morgan fingerprint density at radius 1 is 1.05 bits per heavy atom. The molecule has 2 aromatic carbocycles. The predicted octanol–water partition coefficient (Wildman–Crippen LogP) is 3.80. The van der Waals surface area contributed by atoms with E-state index in [1.165, 1.54) is 11.1 Å². The first kappa shape index (κ1) is 27.8. The van der Waals surface area contributed by atoms with E-state index >= 15 is 0 Å². The van der Waals surface area contributed by atoms with Gasteiger partial charge in [0.15, 0.2) is 0 Å². The monoisotopic (exact) mass is 588 g/mol. The minimum atomic E-state index is -3.85. The van der Waals surface area contributed by atoms with Gasteiger partial charge in [0.2, 0.25) is 10.0 Å². The molecule has 4 aliphatic rings. The fraction of sp³-hybridized carbons (Fsp3) is 0.567. The van der Waals surface area contributed by atoms with Crippen molar-refractivity contribution in [2.45, 2.75) is 69.0 Å². The molecule has 40 heavy (non-hydrogen) atoms. The van der Waals surface area contributed by atoms with Crippen molar-refractivity contribution in [1.29, 1.82) is 0 Å². The minimum absolute atomic E-state index is 0.0425. The molecule has 2 bridgehead atoms. The number of amides is 1. The van der Waals surface area contributed by atoms with E-state index < -0.39 is 28.1 Å². The summed E-state index contributed by atoms with van der Waals surface area (Å²) < 4.78 is 33.9. The summed E-state index contributed by atoms with van der Waals surface area (Å²) in [4.78, 5) is 15.3. The van der Waals surface area contributed by atoms with Gasteiger partial charge in [0.25, 0.3) is 5.91 Å². The third kappa shape index (κ3) is 5.33. The van der Waals surface area contributed by atoms with Crippen LogP contribution in [0.4, 0.5) is 5.69 Å². The van der Waals surface area contributed by atoms with Crippen molar-refractivity contribution in [2.24, 2.45) is 11.8 Å². The summed E-state index contributed by atoms with van der Waals surface area (Å²) in [5, 5.41) is 22.5. The number of anilines is 1. The van der Waals surface area contributed by atoms with Gasteiger partial charge in [-0.2, -0.15) is 0 Å². The molecule has 6 rings (SSSR count). The van der Waals surface area contributed by atoms with E-state index in [9.17, 15) is 23.4 Å². The van der Waals surface area contributed by atoms with Crippen molar-refractivity contribution in [2.75, 3.05) is 30.3 Å². The summed E-state index contributed by atoms with van der Waals surface area (Å²) in [6.07, 6.45) is 3.96. The van der Waals surface area contributed by atoms with E-state index in [4.69, 9.17) is 16.3 Å². The van der Waals surface area contributed by atoms with Crippen LogP contribution in [0.3, 0.4) is 0 Å². The lowest BCUT2D eigenvalue weighted by atomic mass is 9.67. The Bertz CT molecular complexity index is 1400. The molecule has 8 nitrogen and oxygen atoms in total. The highest BCUT2D eigenvalue weighted by Crippen LogP contribution is 2.47. The summed E-state index contributed by atoms with van der Waals surface area (Å²) in [7, 11) is -3.85. The highest BCUT2D eigenvalue weighted by atomic mass is 35.5. The van der Waals surface area contributed by atoms with Crippen molar-refractivity contribution >= 4 is 33.2 Å². The number of carbonyl (C=O) groups is 1. The number of benzene rings is 2. The minimum Gasteiger partial charge on any atom is -0.490 e. The van der Waals surface area contributed by atoms with Gasteiger partial charge in [-0.25, -0.2) is 13.1 Å². The Kier molecular flexibility index (Phi) is 7.52. The van der Waals surface area contributed by atoms with Crippen molar-refractivity contribution in [1.82, 2.24) is 4.72 Å². The number of aliphatic hydroxyl groups excluding tert-OH is 2. The van der Waals surface area contributed by atoms with Crippen molar-refractivity contribution in [3.05, 3.63) is 58.1 Å². The molecule has 0 unspecified atom stereocenters. The Hall–Kier alpha value is -2.33. The summed E-state index contributed by atoms with van der Waals surface area (Å²) >= 11 is 6.36. The molecule has 1 fully saturated rings. The lowest BCUT2D eigenvalue weighted by Crippen LogP contribution is -2.51. The van der Waals surface area contributed by atoms with Gasteiger partial charge in [-0.15, -0.1) is 0 Å². The van der Waals surface area contributed by atoms with Crippen LogP contribution in [0, 0.1) is 11.8 Å². The molecule has 2 aliphatic carbocycles. The molecule has 2 aliphatic heterocycles. The zero-order chi connectivity index (χ0) is 28.1. The van der Waals surface area contributed by atoms with Crippen LogP contribution in [0.5, 0.6) is 5.75 Å². The first-order chi connectivity index (χ1) is 19.1. The van der Waals surface area contributed by atoms with Crippen LogP contribution in [-0.2, 0) is 21.9 Å². The molecular weight excluding hydrogens is 552 g/mol. The van der Waals surface area contributed by atoms with Crippen molar-refractivity contribution < 1.29 is 28.2 Å². The second-order valence-electron chi connectivity index (χ2n) is 12.1. The van der Waals surface area contributed by atoms with Crippen LogP contribution in [0.2, 0.25) is 5.02 Å². The number of carbonyl (C=O) groups excluding carboxylic acids is 1. The van der Waals surface area contributed by atoms with Gasteiger partial charge in [-0.3, -0.25) is 4.79 Å². The molecule has 1 amide bonds. The number of fused-ring (bicyclic) bond motifs is 4. The van der Waals surface area contributed by atoms with Crippen LogP contribution in [-0.4, -0.2) is 62.2 Å². The number of nitrogens with one attached hydrogen (secondary N) is 1. The quantitative estimate of drug-likeness (QED) is 0.429. The number of hydrogen-bond acceptors (Lipinski definition) is 7. The number of ether oxygens (including phenoxy) is 1. The third-order valence-corrected chi connectivity index (χ3v) is 11.0. The number of aryl methyl sites for hydroxylation is 1. The molecule has 1 spiro atoms. The van der Waals surface area contributed by atoms with Gasteiger partial charge in [0, 0.05) is 29.1 Å². The number of aliphatic hydroxyl groups is 2. The van der Waals surface area contributed by atoms with Gasteiger partial charge in [0.05, 0.1) is 30.3 Å². The molecule has 0 saturated heterocycles. The highest BCUT2D eigenvalue weighted by Gasteiger charge is 2.45. The molecule has 5 atom stereocenters. The number of rotatable bonds is 0. The van der Waals surface area contributed by atoms with E-state index in [0.29, 0.717) is 49.7 Å². The average molecular weight is 589 g/mol. The Labute approximate surface area is 240 Å². The first-order valence-corrected chi connectivity index (χ1v) is 16.4. The second-order valence-corrected chi connectivity index (χ2v) is 14.4. The third-order valence-electron chi connectivity index (χ3n) is 9.47. The number of sulfonamides is 1. The number of hydrogen-bond donors (Lipinski definition) is 3. The summed E-state index contributed by atoms with van der Waals surface area (Å²) in [6, 6.07) is 11.2. The fourth-order valence-corrected chi connectivity index (χ4v) is 8.44. The SMILES string of the molecule is O=C1NS(=O)(=O)CCCC[C@@H](O)[C@H](O)[C@@H]2CC[C@H]2CN2C[C@@]3(CCCc4cc(Cl)ccc43)COc3ccc1cc32. The van der Waals surface area contributed by atoms with Crippen LogP contribution < -0.4 is 14.4 Å². The van der Waals surface area contributed by atoms with Crippen LogP contribution >= 0.6 is 11.6 Å². The van der Waals surface area contributed by atoms with E-state index in [1.807, 2.05) is 12.1 Å². The molecule has 0 aromatic heterocycles. The van der Waals surface area contributed by atoms with E-state index in [1.54, 1.807) is 18.2 Å². The molecule has 10 heteroatoms. The lowest BCUT2D eigenvalue weighted by Gasteiger charge is -2.46. The molecular formula is C30H37ClN2O6S. The smallest absolute Gasteiger partial charge is 0.264 e. The molecule has 0 radical (unpaired) electrons. The summed E-state index contributed by atoms with van der Waals surface area (Å²) in [6.45, 7) is 1.76. The zero-order valence-corrected chi connectivity index (χ0v) is 24.1. The molecule has 216 valence electrons. The standard InChI is InChI=1S/C30H37ClN2O6S/c31-22-8-10-24-19(14-22)4-3-12-30(24)17-33-16-21-6-9-23(21)28(35)26(34)5-1-2-13-40(37,38)32-29(36)20-7-11-27(39-18-30)25(33)15-20/h7-8,10-11,14-15,21,23,26,28,34-35H,1-6,9,12-13,16-18H2,(H,32,36)/t21-,23+,26+,28+,30-/m0/s1. The van der Waals surface area contributed by atoms with Gasteiger partial charge in [-0.05, 0) is 105 Å². The van der Waals surface area contributed by atoms with Crippen molar-refractivity contribution in [3.8, 4) is 5.75 Å². The van der Waals surface area contributed by atoms with Crippen LogP contribution in [0.15, 0.2) is 36.4 Å². The maximum atomic E-state index is 13.1. The molecule has 2 aromatic rings. The van der Waals surface area contributed by atoms with E-state index in [0.717, 1.165) is 37.8 Å². The average Bonchev–Trinajstić information content (AvgIpc) is 3.05. The van der Waals surface area contributed by atoms with E-state index in [-0.39, 0.29) is 28.6 Å². The van der Waals surface area contributed by atoms with Crippen LogP contribution in [0.25, 0.3) is 0 Å². The van der Waals surface area contributed by atoms with Crippen LogP contribution in [0.1, 0.15) is 66.4 Å². The van der Waals surface area contributed by atoms with E-state index in [2.05, 4.69) is 15.7 Å². The molecule has 1 saturated carbocycles. The number of halogens is 1. The Balaban J connectivity index is 1.41. The number of nitrogens with zero attached hydrogens (tertiary/aromatic N) is 1. The molecule has 3 N–H and O–H groups in total. The first-order valence-electron chi connectivity index (χ1n) is 14.4. The van der Waals surface area contributed by atoms with Gasteiger partial charge >= 0.3 is 0 Å². The summed E-state index contributed by atoms with van der Waals surface area (Å²) in [5.74, 6) is -0.107. The zero-order valence-electron chi connectivity index (χ0n) is 22.5. The normalized spacial score (nSPS) is 32.1. The maximum absolute atomic E-state index is 13.1.